The third kappa shape index (κ3) is 3.87. The van der Waals surface area contributed by atoms with Crippen molar-refractivity contribution in [3.63, 3.8) is 0 Å². The molecule has 1 aliphatic carbocycles. The molecule has 1 aromatic carbocycles. The van der Waals surface area contributed by atoms with Crippen molar-refractivity contribution >= 4 is 5.91 Å². The van der Waals surface area contributed by atoms with Crippen LogP contribution < -0.4 is 5.73 Å². The summed E-state index contributed by atoms with van der Waals surface area (Å²) in [5.74, 6) is 0.116. The number of nitrogens with two attached hydrogens (primary N) is 1. The Morgan fingerprint density at radius 1 is 1.07 bits per heavy atom. The molecular formula is C23H30FN5O. The average Bonchev–Trinajstić information content (AvgIpc) is 3.30. The number of rotatable bonds is 5. The van der Waals surface area contributed by atoms with E-state index in [2.05, 4.69) is 27.5 Å². The number of hydrogen-bond acceptors (Lipinski definition) is 4. The van der Waals surface area contributed by atoms with E-state index < -0.39 is 6.17 Å². The van der Waals surface area contributed by atoms with Crippen LogP contribution in [0.25, 0.3) is 0 Å². The predicted molar refractivity (Wildman–Crippen MR) is 112 cm³/mol. The van der Waals surface area contributed by atoms with Crippen molar-refractivity contribution < 1.29 is 9.18 Å². The Morgan fingerprint density at radius 3 is 2.47 bits per heavy atom. The van der Waals surface area contributed by atoms with E-state index in [9.17, 15) is 9.18 Å². The van der Waals surface area contributed by atoms with Crippen molar-refractivity contribution in [3.05, 3.63) is 47.3 Å². The smallest absolute Gasteiger partial charge is 0.248 e. The van der Waals surface area contributed by atoms with Gasteiger partial charge in [0.05, 0.1) is 17.9 Å². The minimum absolute atomic E-state index is 0.290. The second kappa shape index (κ2) is 8.10. The van der Waals surface area contributed by atoms with Crippen molar-refractivity contribution in [2.75, 3.05) is 0 Å². The Bertz CT molecular complexity index is 893. The molecule has 2 N–H and O–H groups in total. The molecule has 7 heteroatoms. The molecule has 3 aliphatic rings. The Hall–Kier alpha value is -2.28. The lowest BCUT2D eigenvalue weighted by Gasteiger charge is -2.38. The van der Waals surface area contributed by atoms with E-state index in [1.807, 2.05) is 16.8 Å². The van der Waals surface area contributed by atoms with Crippen LogP contribution in [0.4, 0.5) is 4.39 Å². The molecule has 3 atom stereocenters. The minimum Gasteiger partial charge on any atom is -0.366 e. The van der Waals surface area contributed by atoms with Gasteiger partial charge in [0, 0.05) is 24.2 Å². The predicted octanol–water partition coefficient (Wildman–Crippen LogP) is 3.74. The molecule has 3 fully saturated rings. The Kier molecular flexibility index (Phi) is 5.31. The van der Waals surface area contributed by atoms with Crippen molar-refractivity contribution in [2.45, 2.75) is 88.1 Å². The van der Waals surface area contributed by atoms with Crippen molar-refractivity contribution in [3.8, 4) is 0 Å². The normalized spacial score (nSPS) is 31.7. The lowest BCUT2D eigenvalue weighted by atomic mass is 9.84. The number of halogens is 1. The molecule has 1 unspecified atom stereocenters. The highest BCUT2D eigenvalue weighted by Gasteiger charge is 2.41. The van der Waals surface area contributed by atoms with Gasteiger partial charge in [0.2, 0.25) is 5.91 Å². The molecule has 2 aliphatic heterocycles. The van der Waals surface area contributed by atoms with Crippen LogP contribution in [0, 0.1) is 0 Å². The summed E-state index contributed by atoms with van der Waals surface area (Å²) in [6.07, 6.45) is 9.03. The molecule has 2 saturated heterocycles. The van der Waals surface area contributed by atoms with Crippen molar-refractivity contribution in [2.24, 2.45) is 5.73 Å². The van der Waals surface area contributed by atoms with Crippen LogP contribution in [0.1, 0.15) is 84.9 Å². The highest BCUT2D eigenvalue weighted by atomic mass is 19.1. The van der Waals surface area contributed by atoms with E-state index >= 15 is 0 Å². The fourth-order valence-corrected chi connectivity index (χ4v) is 5.80. The van der Waals surface area contributed by atoms with Gasteiger partial charge in [-0.2, -0.15) is 0 Å². The lowest BCUT2D eigenvalue weighted by Crippen LogP contribution is -2.41. The summed E-state index contributed by atoms with van der Waals surface area (Å²) < 4.78 is 15.4. The fourth-order valence-electron chi connectivity index (χ4n) is 5.80. The van der Waals surface area contributed by atoms with Gasteiger partial charge in [-0.25, -0.2) is 9.07 Å². The van der Waals surface area contributed by atoms with Gasteiger partial charge in [0.25, 0.3) is 0 Å². The van der Waals surface area contributed by atoms with Crippen molar-refractivity contribution in [1.82, 2.24) is 19.9 Å². The minimum atomic E-state index is -0.648. The monoisotopic (exact) mass is 411 g/mol. The number of aromatic nitrogens is 3. The number of carbonyl (C=O) groups is 1. The molecule has 3 heterocycles. The van der Waals surface area contributed by atoms with Gasteiger partial charge in [0.1, 0.15) is 6.17 Å². The second-order valence-electron chi connectivity index (χ2n) is 9.31. The first-order chi connectivity index (χ1) is 14.6. The summed E-state index contributed by atoms with van der Waals surface area (Å²) in [6, 6.07) is 9.20. The Balaban J connectivity index is 1.24. The van der Waals surface area contributed by atoms with E-state index in [4.69, 9.17) is 5.73 Å². The molecule has 1 amide bonds. The van der Waals surface area contributed by atoms with Crippen molar-refractivity contribution in [1.29, 1.82) is 0 Å². The largest absolute Gasteiger partial charge is 0.366 e. The molecular weight excluding hydrogens is 381 g/mol. The zero-order chi connectivity index (χ0) is 20.7. The van der Waals surface area contributed by atoms with Gasteiger partial charge >= 0.3 is 0 Å². The maximum absolute atomic E-state index is 13.4. The molecule has 2 bridgehead atoms. The van der Waals surface area contributed by atoms with E-state index in [0.29, 0.717) is 42.4 Å². The first kappa shape index (κ1) is 19.7. The lowest BCUT2D eigenvalue weighted by molar-refractivity contribution is 0.0999. The molecule has 6 nitrogen and oxygen atoms in total. The summed E-state index contributed by atoms with van der Waals surface area (Å²) in [7, 11) is 0. The van der Waals surface area contributed by atoms with Crippen LogP contribution in [0.2, 0.25) is 0 Å². The van der Waals surface area contributed by atoms with Crippen LogP contribution >= 0.6 is 0 Å². The number of benzene rings is 1. The first-order valence-electron chi connectivity index (χ1n) is 11.3. The number of piperidine rings is 1. The van der Waals surface area contributed by atoms with Gasteiger partial charge < -0.3 is 5.73 Å². The molecule has 1 aromatic heterocycles. The quantitative estimate of drug-likeness (QED) is 0.813. The number of amides is 1. The zero-order valence-corrected chi connectivity index (χ0v) is 17.3. The third-order valence-electron chi connectivity index (χ3n) is 7.43. The average molecular weight is 412 g/mol. The summed E-state index contributed by atoms with van der Waals surface area (Å²) in [6.45, 7) is 0.835. The molecule has 160 valence electrons. The highest BCUT2D eigenvalue weighted by Crippen LogP contribution is 2.43. The summed E-state index contributed by atoms with van der Waals surface area (Å²) >= 11 is 0. The Labute approximate surface area is 176 Å². The second-order valence-corrected chi connectivity index (χ2v) is 9.31. The number of nitrogens with zero attached hydrogens (tertiary/aromatic N) is 4. The number of carbonyl (C=O) groups excluding carboxylic acids is 1. The van der Waals surface area contributed by atoms with Gasteiger partial charge in [-0.15, -0.1) is 5.10 Å². The number of fused-ring (bicyclic) bond motifs is 2. The summed E-state index contributed by atoms with van der Waals surface area (Å²) in [5, 5.41) is 8.80. The number of hydrogen-bond donors (Lipinski definition) is 1. The van der Waals surface area contributed by atoms with Crippen LogP contribution in [0.3, 0.4) is 0 Å². The summed E-state index contributed by atoms with van der Waals surface area (Å²) in [5.41, 5.74) is 8.32. The molecule has 30 heavy (non-hydrogen) atoms. The SMILES string of the molecule is NC(=O)c1cccc(C2C[C@H]3CC[C@@H](C2)N3Cc2cn(C3CCC(F)CC3)nn2)c1. The zero-order valence-electron chi connectivity index (χ0n) is 17.3. The highest BCUT2D eigenvalue weighted by molar-refractivity contribution is 5.92. The van der Waals surface area contributed by atoms with E-state index in [-0.39, 0.29) is 5.91 Å². The molecule has 1 saturated carbocycles. The third-order valence-corrected chi connectivity index (χ3v) is 7.43. The number of alkyl halides is 1. The molecule has 5 rings (SSSR count). The van der Waals surface area contributed by atoms with E-state index in [1.165, 1.54) is 18.4 Å². The van der Waals surface area contributed by atoms with Crippen LogP contribution in [0.5, 0.6) is 0 Å². The fraction of sp³-hybridized carbons (Fsp3) is 0.609. The Morgan fingerprint density at radius 2 is 1.77 bits per heavy atom. The topological polar surface area (TPSA) is 77.0 Å². The maximum atomic E-state index is 13.4. The summed E-state index contributed by atoms with van der Waals surface area (Å²) in [4.78, 5) is 14.1. The number of primary amides is 1. The van der Waals surface area contributed by atoms with Gasteiger partial charge in [-0.05, 0) is 75.0 Å². The van der Waals surface area contributed by atoms with Gasteiger partial charge in [-0.1, -0.05) is 17.3 Å². The molecule has 0 radical (unpaired) electrons. The van der Waals surface area contributed by atoms with Crippen LogP contribution in [-0.2, 0) is 6.54 Å². The molecule has 0 spiro atoms. The molecule has 2 aromatic rings. The van der Waals surface area contributed by atoms with Crippen LogP contribution in [0.15, 0.2) is 30.5 Å². The maximum Gasteiger partial charge on any atom is 0.248 e. The van der Waals surface area contributed by atoms with E-state index in [1.54, 1.807) is 6.07 Å². The van der Waals surface area contributed by atoms with E-state index in [0.717, 1.165) is 37.9 Å². The van der Waals surface area contributed by atoms with Gasteiger partial charge in [-0.3, -0.25) is 9.69 Å². The van der Waals surface area contributed by atoms with Crippen LogP contribution in [-0.4, -0.2) is 44.1 Å². The van der Waals surface area contributed by atoms with Gasteiger partial charge in [0.15, 0.2) is 0 Å². The first-order valence-corrected chi connectivity index (χ1v) is 11.3. The standard InChI is InChI=1S/C23H30FN5O/c24-18-4-6-20(7-5-18)29-14-19(26-27-29)13-28-21-8-9-22(28)12-17(11-21)15-2-1-3-16(10-15)23(25)30/h1-3,10,14,17-18,20-22H,4-9,11-13H2,(H2,25,30)/t17?,18?,20?,21-,22+.